The Balaban J connectivity index is 2.04. The summed E-state index contributed by atoms with van der Waals surface area (Å²) < 4.78 is 0. The highest BCUT2D eigenvalue weighted by molar-refractivity contribution is 7.15. The molecule has 0 radical (unpaired) electrons. The summed E-state index contributed by atoms with van der Waals surface area (Å²) >= 11 is 1.40. The predicted molar refractivity (Wildman–Crippen MR) is 134 cm³/mol. The van der Waals surface area contributed by atoms with Gasteiger partial charge >= 0.3 is 5.97 Å². The van der Waals surface area contributed by atoms with Crippen LogP contribution in [-0.4, -0.2) is 16.9 Å². The number of carboxylic acid groups (broad SMARTS) is 1. The number of carbonyl (C=O) groups excluding carboxylic acids is 1. The van der Waals surface area contributed by atoms with Gasteiger partial charge in [0.25, 0.3) is 0 Å². The van der Waals surface area contributed by atoms with E-state index in [9.17, 15) is 14.7 Å². The van der Waals surface area contributed by atoms with Crippen LogP contribution in [0.2, 0.25) is 0 Å². The van der Waals surface area contributed by atoms with E-state index in [4.69, 9.17) is 0 Å². The molecule has 4 heteroatoms. The van der Waals surface area contributed by atoms with Crippen LogP contribution in [0.5, 0.6) is 0 Å². The highest BCUT2D eigenvalue weighted by Gasteiger charge is 2.38. The number of thiophene rings is 1. The van der Waals surface area contributed by atoms with Gasteiger partial charge in [-0.1, -0.05) is 53.0 Å². The summed E-state index contributed by atoms with van der Waals surface area (Å²) in [6.07, 6.45) is 13.8. The first kappa shape index (κ1) is 25.2. The fourth-order valence-corrected chi connectivity index (χ4v) is 6.97. The molecule has 1 fully saturated rings. The van der Waals surface area contributed by atoms with Gasteiger partial charge in [0.1, 0.15) is 10.7 Å². The lowest BCUT2D eigenvalue weighted by atomic mass is 9.70. The van der Waals surface area contributed by atoms with E-state index in [1.807, 2.05) is 0 Å². The monoisotopic (exact) mass is 458 g/mol. The second-order valence-electron chi connectivity index (χ2n) is 10.7. The van der Waals surface area contributed by atoms with Crippen LogP contribution in [-0.2, 0) is 4.79 Å². The van der Waals surface area contributed by atoms with E-state index in [1.54, 1.807) is 0 Å². The second kappa shape index (κ2) is 11.6. The van der Waals surface area contributed by atoms with Gasteiger partial charge in [-0.15, -0.1) is 11.3 Å². The molecule has 2 aliphatic rings. The molecule has 3 nitrogen and oxygen atoms in total. The number of carbonyl (C=O) groups is 2. The van der Waals surface area contributed by atoms with E-state index in [0.717, 1.165) is 74.6 Å². The van der Waals surface area contributed by atoms with E-state index >= 15 is 0 Å². The Morgan fingerprint density at radius 2 is 1.88 bits per heavy atom. The van der Waals surface area contributed by atoms with Crippen molar-refractivity contribution in [2.45, 2.75) is 104 Å². The van der Waals surface area contributed by atoms with Gasteiger partial charge in [-0.05, 0) is 86.3 Å². The number of ketones is 1. The number of Topliss-reactive ketones (excluding diaryl/α,β-unsaturated/α-hetero) is 1. The van der Waals surface area contributed by atoms with Gasteiger partial charge in [-0.2, -0.15) is 0 Å². The van der Waals surface area contributed by atoms with Gasteiger partial charge in [-0.3, -0.25) is 4.79 Å². The van der Waals surface area contributed by atoms with E-state index in [0.29, 0.717) is 22.5 Å². The molecule has 32 heavy (non-hydrogen) atoms. The fraction of sp³-hybridized carbons (Fsp3) is 0.714. The van der Waals surface area contributed by atoms with Crippen LogP contribution in [0.1, 0.15) is 124 Å². The van der Waals surface area contributed by atoms with Gasteiger partial charge in [0.05, 0.1) is 0 Å². The molecule has 3 rings (SSSR count). The zero-order valence-corrected chi connectivity index (χ0v) is 21.3. The van der Waals surface area contributed by atoms with Gasteiger partial charge in [0, 0.05) is 16.7 Å². The molecule has 2 unspecified atom stereocenters. The summed E-state index contributed by atoms with van der Waals surface area (Å²) in [5, 5.41) is 10.1. The maximum absolute atomic E-state index is 14.1. The third-order valence-corrected chi connectivity index (χ3v) is 8.74. The normalized spacial score (nSPS) is 23.6. The maximum atomic E-state index is 14.1. The lowest BCUT2D eigenvalue weighted by molar-refractivity contribution is -0.127. The lowest BCUT2D eigenvalue weighted by Gasteiger charge is -2.33. The minimum absolute atomic E-state index is 0.0848. The van der Waals surface area contributed by atoms with E-state index < -0.39 is 5.97 Å². The predicted octanol–water partition coefficient (Wildman–Crippen LogP) is 8.35. The summed E-state index contributed by atoms with van der Waals surface area (Å²) in [5.74, 6) is 0.647. The Morgan fingerprint density at radius 3 is 2.44 bits per heavy atom. The van der Waals surface area contributed by atoms with Gasteiger partial charge in [0.2, 0.25) is 0 Å². The summed E-state index contributed by atoms with van der Waals surface area (Å²) in [6, 6.07) is 2.10. The van der Waals surface area contributed by atoms with Crippen molar-refractivity contribution < 1.29 is 14.7 Å². The first-order chi connectivity index (χ1) is 15.3. The van der Waals surface area contributed by atoms with E-state index in [2.05, 4.69) is 39.8 Å². The van der Waals surface area contributed by atoms with Crippen molar-refractivity contribution in [3.8, 4) is 0 Å². The number of hydrogen-bond acceptors (Lipinski definition) is 3. The van der Waals surface area contributed by atoms with Gasteiger partial charge in [0.15, 0.2) is 0 Å². The van der Waals surface area contributed by atoms with Crippen molar-refractivity contribution in [1.82, 2.24) is 0 Å². The zero-order chi connectivity index (χ0) is 23.3. The van der Waals surface area contributed by atoms with Gasteiger partial charge < -0.3 is 5.11 Å². The largest absolute Gasteiger partial charge is 0.477 e. The quantitative estimate of drug-likeness (QED) is 0.383. The Hall–Kier alpha value is -1.42. The van der Waals surface area contributed by atoms with Crippen LogP contribution in [0.15, 0.2) is 12.1 Å². The summed E-state index contributed by atoms with van der Waals surface area (Å²) in [7, 11) is 0. The molecule has 1 aromatic rings. The minimum Gasteiger partial charge on any atom is -0.477 e. The molecule has 0 amide bonds. The molecule has 2 aliphatic carbocycles. The van der Waals surface area contributed by atoms with Crippen LogP contribution in [0.25, 0.3) is 5.57 Å². The topological polar surface area (TPSA) is 54.4 Å². The minimum atomic E-state index is -0.873. The SMILES string of the molecule is CCCC(CC(C)C)C(C(=O)C1CCC(C)CC1)c1cc(C2=CCCCC2)sc1C(=O)O. The van der Waals surface area contributed by atoms with Crippen LogP contribution in [0.4, 0.5) is 0 Å². The van der Waals surface area contributed by atoms with Crippen molar-refractivity contribution in [3.05, 3.63) is 27.5 Å². The van der Waals surface area contributed by atoms with Crippen molar-refractivity contribution in [3.63, 3.8) is 0 Å². The number of hydrogen-bond donors (Lipinski definition) is 1. The first-order valence-corrected chi connectivity index (χ1v) is 13.7. The lowest BCUT2D eigenvalue weighted by Crippen LogP contribution is -2.31. The van der Waals surface area contributed by atoms with E-state index in [1.165, 1.54) is 23.3 Å². The Morgan fingerprint density at radius 1 is 1.16 bits per heavy atom. The summed E-state index contributed by atoms with van der Waals surface area (Å²) in [5.41, 5.74) is 2.09. The van der Waals surface area contributed by atoms with Crippen molar-refractivity contribution >= 4 is 28.7 Å². The molecule has 0 spiro atoms. The number of allylic oxidation sites excluding steroid dienone is 2. The first-order valence-electron chi connectivity index (χ1n) is 12.9. The fourth-order valence-electron chi connectivity index (χ4n) is 5.86. The zero-order valence-electron chi connectivity index (χ0n) is 20.5. The molecule has 1 aromatic heterocycles. The molecule has 2 atom stereocenters. The third-order valence-electron chi connectivity index (χ3n) is 7.53. The van der Waals surface area contributed by atoms with Crippen LogP contribution < -0.4 is 0 Å². The smallest absolute Gasteiger partial charge is 0.346 e. The molecule has 0 bridgehead atoms. The number of aromatic carboxylic acids is 1. The maximum Gasteiger partial charge on any atom is 0.346 e. The van der Waals surface area contributed by atoms with Crippen LogP contribution in [0, 0.1) is 23.7 Å². The highest BCUT2D eigenvalue weighted by atomic mass is 32.1. The Kier molecular flexibility index (Phi) is 9.16. The Bertz CT molecular complexity index is 811. The average molecular weight is 459 g/mol. The van der Waals surface area contributed by atoms with E-state index in [-0.39, 0.29) is 17.8 Å². The standard InChI is InChI=1S/C28H42O3S/c1-5-9-22(16-18(2)3)25(26(29)21-14-12-19(4)13-15-21)23-17-24(32-27(23)28(30)31)20-10-7-6-8-11-20/h10,17-19,21-22,25H,5-9,11-16H2,1-4H3,(H,30,31). The third kappa shape index (κ3) is 6.12. The van der Waals surface area contributed by atoms with Crippen LogP contribution >= 0.6 is 11.3 Å². The van der Waals surface area contributed by atoms with Crippen molar-refractivity contribution in [2.24, 2.45) is 23.7 Å². The molecule has 1 heterocycles. The molecule has 1 N–H and O–H groups in total. The number of carboxylic acids is 1. The summed E-state index contributed by atoms with van der Waals surface area (Å²) in [4.78, 5) is 27.9. The Labute approximate surface area is 198 Å². The molecule has 1 saturated carbocycles. The highest BCUT2D eigenvalue weighted by Crippen LogP contribution is 2.44. The molecule has 0 aromatic carbocycles. The number of rotatable bonds is 10. The molecular weight excluding hydrogens is 416 g/mol. The van der Waals surface area contributed by atoms with Crippen molar-refractivity contribution in [2.75, 3.05) is 0 Å². The second-order valence-corrected chi connectivity index (χ2v) is 11.7. The molecule has 0 aliphatic heterocycles. The van der Waals surface area contributed by atoms with Crippen LogP contribution in [0.3, 0.4) is 0 Å². The molecule has 178 valence electrons. The molecular formula is C28H42O3S. The van der Waals surface area contributed by atoms with Crippen molar-refractivity contribution in [1.29, 1.82) is 0 Å². The average Bonchev–Trinajstić information content (AvgIpc) is 3.20. The summed E-state index contributed by atoms with van der Waals surface area (Å²) in [6.45, 7) is 8.90. The molecule has 0 saturated heterocycles. The van der Waals surface area contributed by atoms with Gasteiger partial charge in [-0.25, -0.2) is 4.79 Å².